The smallest absolute Gasteiger partial charge is 0.264 e. The predicted molar refractivity (Wildman–Crippen MR) is 157 cm³/mol. The standard InChI is InChI=1S/C29H33Cl2N3O4S/c1-4-5-17-32-29(36)22(3)33(19-23-7-6-8-25(31)18-23)28(35)20-34(26-13-11-24(30)12-14-26)39(37,38)27-15-9-21(2)10-16-27/h6-16,18,22H,4-5,17,19-20H2,1-3H3,(H,32,36). The van der Waals surface area contributed by atoms with E-state index in [0.29, 0.717) is 22.2 Å². The number of aryl methyl sites for hydroxylation is 1. The van der Waals surface area contributed by atoms with Gasteiger partial charge in [0.2, 0.25) is 11.8 Å². The van der Waals surface area contributed by atoms with Crippen LogP contribution in [0.1, 0.15) is 37.8 Å². The van der Waals surface area contributed by atoms with Gasteiger partial charge in [-0.1, -0.05) is 66.4 Å². The fourth-order valence-corrected chi connectivity index (χ4v) is 5.68. The number of nitrogens with zero attached hydrogens (tertiary/aromatic N) is 2. The quantitative estimate of drug-likeness (QED) is 0.269. The first-order chi connectivity index (χ1) is 18.5. The highest BCUT2D eigenvalue weighted by molar-refractivity contribution is 7.92. The molecule has 0 saturated heterocycles. The van der Waals surface area contributed by atoms with E-state index >= 15 is 0 Å². The number of amides is 2. The molecule has 2 amide bonds. The predicted octanol–water partition coefficient (Wildman–Crippen LogP) is 5.83. The molecule has 3 aromatic carbocycles. The zero-order valence-corrected chi connectivity index (χ0v) is 24.6. The summed E-state index contributed by atoms with van der Waals surface area (Å²) < 4.78 is 28.6. The Morgan fingerprint density at radius 1 is 0.949 bits per heavy atom. The van der Waals surface area contributed by atoms with Crippen LogP contribution in [0.25, 0.3) is 0 Å². The van der Waals surface area contributed by atoms with Crippen molar-refractivity contribution in [3.63, 3.8) is 0 Å². The Kier molecular flexibility index (Phi) is 10.8. The van der Waals surface area contributed by atoms with Crippen molar-refractivity contribution >= 4 is 50.7 Å². The number of carbonyl (C=O) groups is 2. The van der Waals surface area contributed by atoms with Gasteiger partial charge < -0.3 is 10.2 Å². The van der Waals surface area contributed by atoms with E-state index in [2.05, 4.69) is 5.32 Å². The molecule has 0 aromatic heterocycles. The van der Waals surface area contributed by atoms with Crippen LogP contribution in [-0.4, -0.2) is 44.3 Å². The highest BCUT2D eigenvalue weighted by Gasteiger charge is 2.32. The third kappa shape index (κ3) is 8.21. The summed E-state index contributed by atoms with van der Waals surface area (Å²) in [5.74, 6) is -0.864. The maximum absolute atomic E-state index is 13.9. The number of anilines is 1. The van der Waals surface area contributed by atoms with Crippen LogP contribution >= 0.6 is 23.2 Å². The average Bonchev–Trinajstić information content (AvgIpc) is 2.90. The molecule has 208 valence electrons. The molecular weight excluding hydrogens is 557 g/mol. The number of rotatable bonds is 12. The van der Waals surface area contributed by atoms with E-state index < -0.39 is 28.5 Å². The van der Waals surface area contributed by atoms with Gasteiger partial charge in [0.25, 0.3) is 10.0 Å². The van der Waals surface area contributed by atoms with Gasteiger partial charge in [0.15, 0.2) is 0 Å². The molecule has 0 aliphatic carbocycles. The molecule has 0 saturated carbocycles. The average molecular weight is 591 g/mol. The highest BCUT2D eigenvalue weighted by Crippen LogP contribution is 2.26. The SMILES string of the molecule is CCCCNC(=O)C(C)N(Cc1cccc(Cl)c1)C(=O)CN(c1ccc(Cl)cc1)S(=O)(=O)c1ccc(C)cc1. The minimum atomic E-state index is -4.13. The highest BCUT2D eigenvalue weighted by atomic mass is 35.5. The van der Waals surface area contributed by atoms with Crippen LogP contribution in [0.4, 0.5) is 5.69 Å². The molecule has 10 heteroatoms. The van der Waals surface area contributed by atoms with E-state index in [1.807, 2.05) is 13.8 Å². The van der Waals surface area contributed by atoms with Crippen LogP contribution in [0.5, 0.6) is 0 Å². The topological polar surface area (TPSA) is 86.8 Å². The van der Waals surface area contributed by atoms with Crippen LogP contribution in [-0.2, 0) is 26.2 Å². The number of nitrogens with one attached hydrogen (secondary N) is 1. The largest absolute Gasteiger partial charge is 0.354 e. The Balaban J connectivity index is 1.99. The molecule has 39 heavy (non-hydrogen) atoms. The molecular formula is C29H33Cl2N3O4S. The fourth-order valence-electron chi connectivity index (χ4n) is 3.92. The molecule has 0 aliphatic heterocycles. The number of carbonyl (C=O) groups excluding carboxylic acids is 2. The molecule has 1 unspecified atom stereocenters. The van der Waals surface area contributed by atoms with Gasteiger partial charge in [-0.05, 0) is 74.4 Å². The van der Waals surface area contributed by atoms with Gasteiger partial charge in [0, 0.05) is 23.1 Å². The van der Waals surface area contributed by atoms with Crippen molar-refractivity contribution in [3.8, 4) is 0 Å². The summed E-state index contributed by atoms with van der Waals surface area (Å²) in [5.41, 5.74) is 1.89. The molecule has 0 radical (unpaired) electrons. The van der Waals surface area contributed by atoms with E-state index in [1.165, 1.54) is 17.0 Å². The Bertz CT molecular complexity index is 1380. The monoisotopic (exact) mass is 589 g/mol. The molecule has 1 N–H and O–H groups in total. The molecule has 0 aliphatic rings. The van der Waals surface area contributed by atoms with Gasteiger partial charge in [-0.2, -0.15) is 0 Å². The molecule has 1 atom stereocenters. The van der Waals surface area contributed by atoms with Crippen LogP contribution in [0.3, 0.4) is 0 Å². The number of sulfonamides is 1. The second-order valence-corrected chi connectivity index (χ2v) is 12.0. The Hall–Kier alpha value is -3.07. The van der Waals surface area contributed by atoms with Crippen molar-refractivity contribution in [2.24, 2.45) is 0 Å². The minimum absolute atomic E-state index is 0.0441. The van der Waals surface area contributed by atoms with Gasteiger partial charge in [0.1, 0.15) is 12.6 Å². The summed E-state index contributed by atoms with van der Waals surface area (Å²) in [5, 5.41) is 3.78. The van der Waals surface area contributed by atoms with E-state index in [-0.39, 0.29) is 23.0 Å². The van der Waals surface area contributed by atoms with Crippen LogP contribution < -0.4 is 9.62 Å². The first kappa shape index (κ1) is 30.5. The zero-order valence-electron chi connectivity index (χ0n) is 22.2. The molecule has 7 nitrogen and oxygen atoms in total. The molecule has 3 aromatic rings. The van der Waals surface area contributed by atoms with Crippen LogP contribution in [0.2, 0.25) is 10.0 Å². The van der Waals surface area contributed by atoms with E-state index in [9.17, 15) is 18.0 Å². The number of hydrogen-bond donors (Lipinski definition) is 1. The summed E-state index contributed by atoms with van der Waals surface area (Å²) in [6, 6.07) is 18.7. The Morgan fingerprint density at radius 3 is 2.23 bits per heavy atom. The maximum Gasteiger partial charge on any atom is 0.264 e. The minimum Gasteiger partial charge on any atom is -0.354 e. The number of unbranched alkanes of at least 4 members (excludes halogenated alkanes) is 1. The van der Waals surface area contributed by atoms with E-state index in [0.717, 1.165) is 22.7 Å². The lowest BCUT2D eigenvalue weighted by Gasteiger charge is -2.32. The zero-order chi connectivity index (χ0) is 28.6. The summed E-state index contributed by atoms with van der Waals surface area (Å²) in [4.78, 5) is 28.3. The van der Waals surface area contributed by atoms with Gasteiger partial charge in [-0.3, -0.25) is 13.9 Å². The van der Waals surface area contributed by atoms with Gasteiger partial charge >= 0.3 is 0 Å². The summed E-state index contributed by atoms with van der Waals surface area (Å²) in [6.45, 7) is 5.54. The van der Waals surface area contributed by atoms with Gasteiger partial charge in [0.05, 0.1) is 10.6 Å². The Labute approximate surface area is 240 Å². The lowest BCUT2D eigenvalue weighted by atomic mass is 10.1. The van der Waals surface area contributed by atoms with Gasteiger partial charge in [-0.25, -0.2) is 8.42 Å². The van der Waals surface area contributed by atoms with Crippen molar-refractivity contribution < 1.29 is 18.0 Å². The lowest BCUT2D eigenvalue weighted by Crippen LogP contribution is -2.51. The number of hydrogen-bond acceptors (Lipinski definition) is 4. The van der Waals surface area contributed by atoms with Crippen LogP contribution in [0, 0.1) is 6.92 Å². The molecule has 0 bridgehead atoms. The maximum atomic E-state index is 13.9. The molecule has 3 rings (SSSR count). The third-order valence-electron chi connectivity index (χ3n) is 6.24. The van der Waals surface area contributed by atoms with Gasteiger partial charge in [-0.15, -0.1) is 0 Å². The van der Waals surface area contributed by atoms with Crippen molar-refractivity contribution in [1.29, 1.82) is 0 Å². The van der Waals surface area contributed by atoms with Crippen molar-refractivity contribution in [2.45, 2.75) is 51.1 Å². The second-order valence-electron chi connectivity index (χ2n) is 9.27. The summed E-state index contributed by atoms with van der Waals surface area (Å²) in [7, 11) is -4.13. The van der Waals surface area contributed by atoms with E-state index in [1.54, 1.807) is 67.6 Å². The van der Waals surface area contributed by atoms with Crippen LogP contribution in [0.15, 0.2) is 77.7 Å². The first-order valence-electron chi connectivity index (χ1n) is 12.7. The fraction of sp³-hybridized carbons (Fsp3) is 0.310. The normalized spacial score (nSPS) is 12.0. The van der Waals surface area contributed by atoms with E-state index in [4.69, 9.17) is 23.2 Å². The number of halogens is 2. The molecule has 0 fully saturated rings. The van der Waals surface area contributed by atoms with Crippen molar-refractivity contribution in [2.75, 3.05) is 17.4 Å². The lowest BCUT2D eigenvalue weighted by molar-refractivity contribution is -0.139. The Morgan fingerprint density at radius 2 is 1.62 bits per heavy atom. The molecule has 0 spiro atoms. The first-order valence-corrected chi connectivity index (χ1v) is 14.9. The summed E-state index contributed by atoms with van der Waals surface area (Å²) in [6.07, 6.45) is 1.71. The second kappa shape index (κ2) is 13.8. The van der Waals surface area contributed by atoms with Crippen molar-refractivity contribution in [3.05, 3.63) is 94.0 Å². The third-order valence-corrected chi connectivity index (χ3v) is 8.52. The molecule has 0 heterocycles. The van der Waals surface area contributed by atoms with Crippen molar-refractivity contribution in [1.82, 2.24) is 10.2 Å². The summed E-state index contributed by atoms with van der Waals surface area (Å²) >= 11 is 12.2. The number of benzene rings is 3.